The summed E-state index contributed by atoms with van der Waals surface area (Å²) in [4.78, 5) is 16.3. The SMILES string of the molecule is CCc1c(O)nc(C)n(-c2cccc(Cl)c2Cl)c1=O. The lowest BCUT2D eigenvalue weighted by molar-refractivity contribution is 0.439. The van der Waals surface area contributed by atoms with Crippen molar-refractivity contribution >= 4 is 23.2 Å². The number of hydrogen-bond donors (Lipinski definition) is 1. The lowest BCUT2D eigenvalue weighted by atomic mass is 10.2. The fourth-order valence-electron chi connectivity index (χ4n) is 1.91. The van der Waals surface area contributed by atoms with Crippen LogP contribution in [-0.2, 0) is 6.42 Å². The molecule has 0 amide bonds. The van der Waals surface area contributed by atoms with Crippen molar-refractivity contribution in [2.24, 2.45) is 0 Å². The number of benzene rings is 1. The summed E-state index contributed by atoms with van der Waals surface area (Å²) in [6.07, 6.45) is 0.385. The minimum Gasteiger partial charge on any atom is -0.493 e. The van der Waals surface area contributed by atoms with Gasteiger partial charge in [0.15, 0.2) is 0 Å². The summed E-state index contributed by atoms with van der Waals surface area (Å²) in [7, 11) is 0. The third-order valence-corrected chi connectivity index (χ3v) is 3.66. The molecule has 2 rings (SSSR count). The predicted molar refractivity (Wildman–Crippen MR) is 75.6 cm³/mol. The van der Waals surface area contributed by atoms with Gasteiger partial charge in [-0.15, -0.1) is 0 Å². The Morgan fingerprint density at radius 3 is 2.68 bits per heavy atom. The van der Waals surface area contributed by atoms with Gasteiger partial charge in [0.05, 0.1) is 21.3 Å². The number of nitrogens with zero attached hydrogens (tertiary/aromatic N) is 2. The van der Waals surface area contributed by atoms with Crippen LogP contribution < -0.4 is 5.56 Å². The molecule has 1 aromatic heterocycles. The first-order chi connectivity index (χ1) is 8.97. The Labute approximate surface area is 120 Å². The van der Waals surface area contributed by atoms with Gasteiger partial charge in [-0.05, 0) is 25.5 Å². The number of aryl methyl sites for hydroxylation is 1. The summed E-state index contributed by atoms with van der Waals surface area (Å²) in [5, 5.41) is 10.3. The van der Waals surface area contributed by atoms with E-state index in [0.717, 1.165) is 0 Å². The van der Waals surface area contributed by atoms with Crippen LogP contribution in [0.4, 0.5) is 0 Å². The molecule has 19 heavy (non-hydrogen) atoms. The number of rotatable bonds is 2. The lowest BCUT2D eigenvalue weighted by Gasteiger charge is -2.13. The fraction of sp³-hybridized carbons (Fsp3) is 0.231. The van der Waals surface area contributed by atoms with Crippen molar-refractivity contribution in [1.82, 2.24) is 9.55 Å². The van der Waals surface area contributed by atoms with Crippen molar-refractivity contribution in [1.29, 1.82) is 0 Å². The molecule has 0 fully saturated rings. The average molecular weight is 299 g/mol. The molecular weight excluding hydrogens is 287 g/mol. The molecule has 100 valence electrons. The second-order valence-electron chi connectivity index (χ2n) is 4.03. The van der Waals surface area contributed by atoms with E-state index in [1.807, 2.05) is 0 Å². The van der Waals surface area contributed by atoms with Gasteiger partial charge in [-0.3, -0.25) is 9.36 Å². The van der Waals surface area contributed by atoms with Crippen molar-refractivity contribution in [3.8, 4) is 11.6 Å². The highest BCUT2D eigenvalue weighted by molar-refractivity contribution is 6.43. The van der Waals surface area contributed by atoms with Gasteiger partial charge in [0.25, 0.3) is 5.56 Å². The van der Waals surface area contributed by atoms with Crippen molar-refractivity contribution in [2.45, 2.75) is 20.3 Å². The molecule has 1 aromatic carbocycles. The van der Waals surface area contributed by atoms with Gasteiger partial charge in [-0.1, -0.05) is 36.2 Å². The van der Waals surface area contributed by atoms with Crippen LogP contribution in [0.25, 0.3) is 5.69 Å². The lowest BCUT2D eigenvalue weighted by Crippen LogP contribution is -2.25. The molecule has 0 unspecified atom stereocenters. The number of halogens is 2. The van der Waals surface area contributed by atoms with Crippen LogP contribution in [0, 0.1) is 6.92 Å². The van der Waals surface area contributed by atoms with E-state index in [4.69, 9.17) is 23.2 Å². The maximum Gasteiger partial charge on any atom is 0.265 e. The van der Waals surface area contributed by atoms with Crippen molar-refractivity contribution in [3.05, 3.63) is 50.0 Å². The fourth-order valence-corrected chi connectivity index (χ4v) is 2.29. The van der Waals surface area contributed by atoms with Gasteiger partial charge < -0.3 is 5.11 Å². The summed E-state index contributed by atoms with van der Waals surface area (Å²) in [5.41, 5.74) is 0.372. The van der Waals surface area contributed by atoms with Crippen LogP contribution in [0.5, 0.6) is 5.88 Å². The normalized spacial score (nSPS) is 10.7. The second kappa shape index (κ2) is 5.23. The number of hydrogen-bond acceptors (Lipinski definition) is 3. The van der Waals surface area contributed by atoms with E-state index in [-0.39, 0.29) is 22.0 Å². The topological polar surface area (TPSA) is 55.1 Å². The molecule has 0 aliphatic rings. The van der Waals surface area contributed by atoms with E-state index in [1.54, 1.807) is 32.0 Å². The first kappa shape index (κ1) is 13.9. The standard InChI is InChI=1S/C13H12Cl2N2O2/c1-3-8-12(18)16-7(2)17(13(8)19)10-6-4-5-9(14)11(10)15/h4-6,18H,3H2,1-2H3. The smallest absolute Gasteiger partial charge is 0.265 e. The van der Waals surface area contributed by atoms with E-state index in [1.165, 1.54) is 4.57 Å². The molecule has 0 saturated heterocycles. The molecule has 1 N–H and O–H groups in total. The zero-order valence-corrected chi connectivity index (χ0v) is 12.0. The van der Waals surface area contributed by atoms with Gasteiger partial charge in [0.1, 0.15) is 5.82 Å². The summed E-state index contributed by atoms with van der Waals surface area (Å²) in [5.74, 6) is 0.114. The Kier molecular flexibility index (Phi) is 3.83. The van der Waals surface area contributed by atoms with Crippen LogP contribution >= 0.6 is 23.2 Å². The van der Waals surface area contributed by atoms with E-state index >= 15 is 0 Å². The molecule has 0 aliphatic heterocycles. The molecule has 6 heteroatoms. The van der Waals surface area contributed by atoms with Crippen molar-refractivity contribution in [2.75, 3.05) is 0 Å². The van der Waals surface area contributed by atoms with Gasteiger partial charge in [-0.2, -0.15) is 4.98 Å². The van der Waals surface area contributed by atoms with Gasteiger partial charge in [-0.25, -0.2) is 0 Å². The third-order valence-electron chi connectivity index (χ3n) is 2.85. The van der Waals surface area contributed by atoms with Crippen LogP contribution in [0.1, 0.15) is 18.3 Å². The molecule has 4 nitrogen and oxygen atoms in total. The molecule has 0 aliphatic carbocycles. The Hall–Kier alpha value is -1.52. The second-order valence-corrected chi connectivity index (χ2v) is 4.81. The Balaban J connectivity index is 2.83. The van der Waals surface area contributed by atoms with E-state index < -0.39 is 0 Å². The largest absolute Gasteiger partial charge is 0.493 e. The van der Waals surface area contributed by atoms with Crippen LogP contribution in [0.2, 0.25) is 10.0 Å². The quantitative estimate of drug-likeness (QED) is 0.927. The molecular formula is C13H12Cl2N2O2. The molecule has 0 saturated carbocycles. The summed E-state index contributed by atoms with van der Waals surface area (Å²) >= 11 is 12.1. The van der Waals surface area contributed by atoms with Gasteiger partial charge in [0.2, 0.25) is 5.88 Å². The van der Waals surface area contributed by atoms with E-state index in [9.17, 15) is 9.90 Å². The number of aromatic nitrogens is 2. The Morgan fingerprint density at radius 1 is 1.37 bits per heavy atom. The highest BCUT2D eigenvalue weighted by Gasteiger charge is 2.16. The zero-order valence-electron chi connectivity index (χ0n) is 10.4. The number of aromatic hydroxyl groups is 1. The van der Waals surface area contributed by atoms with Crippen LogP contribution in [0.3, 0.4) is 0 Å². The predicted octanol–water partition coefficient (Wildman–Crippen LogP) is 3.12. The first-order valence-electron chi connectivity index (χ1n) is 5.73. The van der Waals surface area contributed by atoms with Crippen molar-refractivity contribution < 1.29 is 5.11 Å². The monoisotopic (exact) mass is 298 g/mol. The highest BCUT2D eigenvalue weighted by Crippen LogP contribution is 2.28. The summed E-state index contributed by atoms with van der Waals surface area (Å²) in [6.45, 7) is 3.40. The zero-order chi connectivity index (χ0) is 14.2. The first-order valence-corrected chi connectivity index (χ1v) is 6.48. The van der Waals surface area contributed by atoms with Gasteiger partial charge in [0, 0.05) is 0 Å². The molecule has 0 atom stereocenters. The average Bonchev–Trinajstić information content (AvgIpc) is 2.34. The highest BCUT2D eigenvalue weighted by atomic mass is 35.5. The Morgan fingerprint density at radius 2 is 2.05 bits per heavy atom. The molecule has 0 bridgehead atoms. The summed E-state index contributed by atoms with van der Waals surface area (Å²) < 4.78 is 1.35. The van der Waals surface area contributed by atoms with Crippen LogP contribution in [-0.4, -0.2) is 14.7 Å². The van der Waals surface area contributed by atoms with Gasteiger partial charge >= 0.3 is 0 Å². The van der Waals surface area contributed by atoms with Crippen molar-refractivity contribution in [3.63, 3.8) is 0 Å². The molecule has 1 heterocycles. The molecule has 0 radical (unpaired) electrons. The van der Waals surface area contributed by atoms with E-state index in [0.29, 0.717) is 23.0 Å². The summed E-state index contributed by atoms with van der Waals surface area (Å²) in [6, 6.07) is 5.02. The third kappa shape index (κ3) is 2.33. The maximum absolute atomic E-state index is 12.4. The Bertz CT molecular complexity index is 696. The molecule has 2 aromatic rings. The van der Waals surface area contributed by atoms with E-state index in [2.05, 4.69) is 4.98 Å². The maximum atomic E-state index is 12.4. The van der Waals surface area contributed by atoms with Crippen LogP contribution in [0.15, 0.2) is 23.0 Å². The minimum absolute atomic E-state index is 0.237. The minimum atomic E-state index is -0.336. The molecule has 0 spiro atoms.